The third kappa shape index (κ3) is 4.33. The highest BCUT2D eigenvalue weighted by atomic mass is 79.9. The van der Waals surface area contributed by atoms with Crippen molar-refractivity contribution in [3.63, 3.8) is 0 Å². The van der Waals surface area contributed by atoms with Gasteiger partial charge >= 0.3 is 0 Å². The van der Waals surface area contributed by atoms with E-state index in [1.807, 2.05) is 43.3 Å². The normalized spacial score (nSPS) is 17.5. The van der Waals surface area contributed by atoms with Gasteiger partial charge in [0.1, 0.15) is 5.75 Å². The molecule has 1 N–H and O–H groups in total. The van der Waals surface area contributed by atoms with E-state index in [-0.39, 0.29) is 17.2 Å². The number of nitrogens with one attached hydrogen (secondary N) is 1. The Balaban J connectivity index is 1.56. The van der Waals surface area contributed by atoms with Gasteiger partial charge in [-0.05, 0) is 30.7 Å². The van der Waals surface area contributed by atoms with Crippen LogP contribution in [0.1, 0.15) is 30.5 Å². The number of amides is 1. The smallest absolute Gasteiger partial charge is 0.233 e. The Hall–Kier alpha value is -1.46. The molecule has 1 heterocycles. The van der Waals surface area contributed by atoms with Gasteiger partial charge in [-0.15, -0.1) is 11.8 Å². The van der Waals surface area contributed by atoms with Crippen LogP contribution in [-0.2, 0) is 10.5 Å². The molecule has 0 radical (unpaired) electrons. The molecule has 2 aromatic carbocycles. The first-order chi connectivity index (χ1) is 11.6. The third-order valence-corrected chi connectivity index (χ3v) is 5.80. The molecule has 3 nitrogen and oxygen atoms in total. The maximum absolute atomic E-state index is 12.5. The van der Waals surface area contributed by atoms with Gasteiger partial charge < -0.3 is 10.1 Å². The van der Waals surface area contributed by atoms with Crippen LogP contribution in [0.25, 0.3) is 0 Å². The Morgan fingerprint density at radius 3 is 2.83 bits per heavy atom. The maximum atomic E-state index is 12.5. The number of para-hydroxylation sites is 1. The van der Waals surface area contributed by atoms with E-state index in [1.165, 1.54) is 5.56 Å². The fourth-order valence-corrected chi connectivity index (χ4v) is 3.78. The van der Waals surface area contributed by atoms with Crippen LogP contribution in [0.3, 0.4) is 0 Å². The summed E-state index contributed by atoms with van der Waals surface area (Å²) in [5.41, 5.74) is 2.29. The van der Waals surface area contributed by atoms with E-state index < -0.39 is 0 Å². The molecule has 0 unspecified atom stereocenters. The predicted molar refractivity (Wildman–Crippen MR) is 102 cm³/mol. The molecule has 126 valence electrons. The summed E-state index contributed by atoms with van der Waals surface area (Å²) in [6.45, 7) is 2.60. The summed E-state index contributed by atoms with van der Waals surface area (Å²) in [6.07, 6.45) is 0.812. The maximum Gasteiger partial charge on any atom is 0.233 e. The molecule has 0 bridgehead atoms. The molecule has 0 aromatic heterocycles. The summed E-state index contributed by atoms with van der Waals surface area (Å²) >= 11 is 5.09. The third-order valence-electron chi connectivity index (χ3n) is 4.06. The summed E-state index contributed by atoms with van der Waals surface area (Å²) in [6, 6.07) is 16.2. The van der Waals surface area contributed by atoms with Crippen LogP contribution in [0, 0.1) is 0 Å². The zero-order chi connectivity index (χ0) is 16.9. The van der Waals surface area contributed by atoms with E-state index in [4.69, 9.17) is 4.74 Å². The minimum atomic E-state index is -0.0938. The summed E-state index contributed by atoms with van der Waals surface area (Å²) < 4.78 is 6.72. The van der Waals surface area contributed by atoms with E-state index in [1.54, 1.807) is 11.8 Å². The number of hydrogen-bond donors (Lipinski definition) is 1. The standard InChI is InChI=1S/C19H20BrNO2S/c1-13(24-12-14-6-8-15(20)9-7-14)19(22)21-17-10-11-23-18-5-3-2-4-16(17)18/h2-9,13,17H,10-12H2,1H3,(H,21,22)/t13-,17+/m0/s1. The first kappa shape index (κ1) is 17.4. The number of halogens is 1. The lowest BCUT2D eigenvalue weighted by molar-refractivity contribution is -0.121. The molecule has 0 saturated heterocycles. The Labute approximate surface area is 155 Å². The zero-order valence-electron chi connectivity index (χ0n) is 13.5. The van der Waals surface area contributed by atoms with Gasteiger partial charge in [-0.2, -0.15) is 0 Å². The van der Waals surface area contributed by atoms with E-state index in [0.717, 1.165) is 28.0 Å². The fraction of sp³-hybridized carbons (Fsp3) is 0.316. The summed E-state index contributed by atoms with van der Waals surface area (Å²) in [5, 5.41) is 3.08. The van der Waals surface area contributed by atoms with Crippen molar-refractivity contribution in [3.8, 4) is 5.75 Å². The van der Waals surface area contributed by atoms with Crippen molar-refractivity contribution in [2.75, 3.05) is 6.61 Å². The second kappa shape index (κ2) is 8.08. The number of carbonyl (C=O) groups excluding carboxylic acids is 1. The lowest BCUT2D eigenvalue weighted by Gasteiger charge is -2.27. The van der Waals surface area contributed by atoms with Gasteiger partial charge in [-0.25, -0.2) is 0 Å². The van der Waals surface area contributed by atoms with E-state index in [2.05, 4.69) is 33.4 Å². The summed E-state index contributed by atoms with van der Waals surface area (Å²) in [7, 11) is 0. The quantitative estimate of drug-likeness (QED) is 0.782. The minimum absolute atomic E-state index is 0.0400. The van der Waals surface area contributed by atoms with Crippen LogP contribution in [0.2, 0.25) is 0 Å². The number of hydrogen-bond acceptors (Lipinski definition) is 3. The number of benzene rings is 2. The molecule has 2 aromatic rings. The van der Waals surface area contributed by atoms with Crippen LogP contribution >= 0.6 is 27.7 Å². The number of ether oxygens (including phenoxy) is 1. The lowest BCUT2D eigenvalue weighted by Crippen LogP contribution is -2.36. The highest BCUT2D eigenvalue weighted by Gasteiger charge is 2.24. The number of rotatable bonds is 5. The van der Waals surface area contributed by atoms with Crippen molar-refractivity contribution in [1.82, 2.24) is 5.32 Å². The fourth-order valence-electron chi connectivity index (χ4n) is 2.66. The Morgan fingerprint density at radius 2 is 2.04 bits per heavy atom. The van der Waals surface area contributed by atoms with Gasteiger partial charge in [0.15, 0.2) is 0 Å². The lowest BCUT2D eigenvalue weighted by atomic mass is 10.0. The first-order valence-electron chi connectivity index (χ1n) is 8.01. The molecule has 5 heteroatoms. The van der Waals surface area contributed by atoms with Crippen LogP contribution in [0.4, 0.5) is 0 Å². The molecular weight excluding hydrogens is 386 g/mol. The SMILES string of the molecule is C[C@H](SCc1ccc(Br)cc1)C(=O)N[C@@H]1CCOc2ccccc21. The van der Waals surface area contributed by atoms with Crippen molar-refractivity contribution >= 4 is 33.6 Å². The molecule has 3 rings (SSSR count). The van der Waals surface area contributed by atoms with Crippen molar-refractivity contribution < 1.29 is 9.53 Å². The van der Waals surface area contributed by atoms with Gasteiger partial charge in [0, 0.05) is 22.2 Å². The monoisotopic (exact) mass is 405 g/mol. The van der Waals surface area contributed by atoms with Crippen LogP contribution < -0.4 is 10.1 Å². The van der Waals surface area contributed by atoms with Gasteiger partial charge in [-0.1, -0.05) is 46.3 Å². The molecule has 0 fully saturated rings. The molecule has 0 aliphatic carbocycles. The Morgan fingerprint density at radius 1 is 1.29 bits per heavy atom. The first-order valence-corrected chi connectivity index (χ1v) is 9.86. The van der Waals surface area contributed by atoms with E-state index in [0.29, 0.717) is 6.61 Å². The topological polar surface area (TPSA) is 38.3 Å². The highest BCUT2D eigenvalue weighted by Crippen LogP contribution is 2.32. The van der Waals surface area contributed by atoms with Crippen molar-refractivity contribution in [3.05, 3.63) is 64.1 Å². The average Bonchev–Trinajstić information content (AvgIpc) is 2.61. The minimum Gasteiger partial charge on any atom is -0.493 e. The summed E-state index contributed by atoms with van der Waals surface area (Å²) in [5.74, 6) is 1.79. The van der Waals surface area contributed by atoms with Crippen LogP contribution in [0.15, 0.2) is 53.0 Å². The number of thioether (sulfide) groups is 1. The van der Waals surface area contributed by atoms with E-state index >= 15 is 0 Å². The molecule has 0 saturated carbocycles. The highest BCUT2D eigenvalue weighted by molar-refractivity contribution is 9.10. The second-order valence-corrected chi connectivity index (χ2v) is 8.06. The molecule has 0 spiro atoms. The molecule has 1 aliphatic rings. The number of carbonyl (C=O) groups is 1. The Kier molecular flexibility index (Phi) is 5.85. The largest absolute Gasteiger partial charge is 0.493 e. The second-order valence-electron chi connectivity index (χ2n) is 5.82. The van der Waals surface area contributed by atoms with Crippen molar-refractivity contribution in [2.45, 2.75) is 30.4 Å². The van der Waals surface area contributed by atoms with Gasteiger partial charge in [0.2, 0.25) is 5.91 Å². The van der Waals surface area contributed by atoms with Crippen molar-refractivity contribution in [2.24, 2.45) is 0 Å². The number of fused-ring (bicyclic) bond motifs is 1. The van der Waals surface area contributed by atoms with Gasteiger partial charge in [0.25, 0.3) is 0 Å². The average molecular weight is 406 g/mol. The van der Waals surface area contributed by atoms with Gasteiger partial charge in [-0.3, -0.25) is 4.79 Å². The van der Waals surface area contributed by atoms with E-state index in [9.17, 15) is 4.79 Å². The van der Waals surface area contributed by atoms with Crippen molar-refractivity contribution in [1.29, 1.82) is 0 Å². The summed E-state index contributed by atoms with van der Waals surface area (Å²) in [4.78, 5) is 12.5. The van der Waals surface area contributed by atoms with Crippen LogP contribution in [0.5, 0.6) is 5.75 Å². The molecular formula is C19H20BrNO2S. The molecule has 24 heavy (non-hydrogen) atoms. The predicted octanol–water partition coefficient (Wildman–Crippen LogP) is 4.71. The molecule has 1 aliphatic heterocycles. The van der Waals surface area contributed by atoms with Gasteiger partial charge in [0.05, 0.1) is 17.9 Å². The molecule has 2 atom stereocenters. The molecule has 1 amide bonds. The zero-order valence-corrected chi connectivity index (χ0v) is 15.9. The Bertz CT molecular complexity index is 705. The van der Waals surface area contributed by atoms with Crippen LogP contribution in [-0.4, -0.2) is 17.8 Å².